The fourth-order valence-corrected chi connectivity index (χ4v) is 4.48. The molecule has 0 aromatic heterocycles. The van der Waals surface area contributed by atoms with Crippen molar-refractivity contribution < 1.29 is 23.8 Å². The van der Waals surface area contributed by atoms with Crippen molar-refractivity contribution in [1.29, 1.82) is 5.26 Å². The Labute approximate surface area is 134 Å². The largest absolute Gasteiger partial charge is 0.446 e. The zero-order chi connectivity index (χ0) is 16.7. The fourth-order valence-electron chi connectivity index (χ4n) is 4.48. The minimum Gasteiger partial charge on any atom is -0.446 e. The summed E-state index contributed by atoms with van der Waals surface area (Å²) in [5.41, 5.74) is -4.01. The quantitative estimate of drug-likeness (QED) is 0.568. The summed E-state index contributed by atoms with van der Waals surface area (Å²) >= 11 is 0. The molecule has 3 aliphatic heterocycles. The van der Waals surface area contributed by atoms with E-state index in [1.54, 1.807) is 6.08 Å². The van der Waals surface area contributed by atoms with Crippen molar-refractivity contribution in [2.24, 2.45) is 10.8 Å². The first-order valence-corrected chi connectivity index (χ1v) is 7.93. The molecule has 1 saturated carbocycles. The highest BCUT2D eigenvalue weighted by Gasteiger charge is 2.77. The van der Waals surface area contributed by atoms with E-state index in [1.165, 1.54) is 0 Å². The van der Waals surface area contributed by atoms with Gasteiger partial charge in [0.2, 0.25) is 11.2 Å². The lowest BCUT2D eigenvalue weighted by atomic mass is 9.66. The first kappa shape index (κ1) is 14.7. The molecule has 0 N–H and O–H groups in total. The minimum absolute atomic E-state index is 0.196. The smallest absolute Gasteiger partial charge is 0.352 e. The van der Waals surface area contributed by atoms with Crippen LogP contribution in [0, 0.1) is 22.2 Å². The highest BCUT2D eigenvalue weighted by molar-refractivity contribution is 5.94. The van der Waals surface area contributed by atoms with Crippen LogP contribution in [0.4, 0.5) is 0 Å². The van der Waals surface area contributed by atoms with E-state index in [-0.39, 0.29) is 12.1 Å². The normalized spacial score (nSPS) is 48.3. The molecule has 0 aromatic rings. The molecule has 6 nitrogen and oxygen atoms in total. The molecule has 5 atom stereocenters. The molecule has 0 radical (unpaired) electrons. The van der Waals surface area contributed by atoms with E-state index in [0.29, 0.717) is 19.3 Å². The maximum Gasteiger partial charge on any atom is 0.352 e. The first-order chi connectivity index (χ1) is 10.7. The molecule has 4 bridgehead atoms. The topological polar surface area (TPSA) is 85.6 Å². The molecule has 0 spiro atoms. The lowest BCUT2D eigenvalue weighted by Gasteiger charge is -2.37. The monoisotopic (exact) mass is 317 g/mol. The highest BCUT2D eigenvalue weighted by atomic mass is 16.6. The summed E-state index contributed by atoms with van der Waals surface area (Å²) in [6.45, 7) is 5.56. The van der Waals surface area contributed by atoms with Gasteiger partial charge in [0.25, 0.3) is 0 Å². The maximum atomic E-state index is 13.0. The Morgan fingerprint density at radius 2 is 2.09 bits per heavy atom. The van der Waals surface area contributed by atoms with E-state index in [1.807, 2.05) is 26.8 Å². The minimum atomic E-state index is -1.32. The number of rotatable bonds is 2. The van der Waals surface area contributed by atoms with E-state index >= 15 is 0 Å². The Bertz CT molecular complexity index is 692. The number of hydrogen-bond donors (Lipinski definition) is 0. The SMILES string of the molecule is CC1(C)[C@@]2(C(=O)O[C@]3(C#N)C[C@@H]4C=C[C@H]3O4)CC[C@]1(C)C(=O)O2. The molecule has 2 saturated heterocycles. The second-order valence-corrected chi connectivity index (χ2v) is 7.75. The maximum absolute atomic E-state index is 13.0. The molecule has 6 heteroatoms. The van der Waals surface area contributed by atoms with Crippen LogP contribution in [0.5, 0.6) is 0 Å². The Morgan fingerprint density at radius 3 is 2.52 bits per heavy atom. The van der Waals surface area contributed by atoms with Gasteiger partial charge in [0, 0.05) is 11.8 Å². The van der Waals surface area contributed by atoms with Gasteiger partial charge in [-0.15, -0.1) is 0 Å². The summed E-state index contributed by atoms with van der Waals surface area (Å²) < 4.78 is 16.8. The van der Waals surface area contributed by atoms with Crippen molar-refractivity contribution >= 4 is 11.9 Å². The number of nitrogens with zero attached hydrogens (tertiary/aromatic N) is 1. The molecule has 3 fully saturated rings. The van der Waals surface area contributed by atoms with Crippen LogP contribution in [0.2, 0.25) is 0 Å². The van der Waals surface area contributed by atoms with Crippen molar-refractivity contribution in [2.45, 2.75) is 63.4 Å². The molecule has 4 aliphatic rings. The average molecular weight is 317 g/mol. The summed E-state index contributed by atoms with van der Waals surface area (Å²) in [4.78, 5) is 25.3. The molecular weight excluding hydrogens is 298 g/mol. The van der Waals surface area contributed by atoms with Gasteiger partial charge in [-0.1, -0.05) is 26.0 Å². The van der Waals surface area contributed by atoms with E-state index in [4.69, 9.17) is 14.2 Å². The van der Waals surface area contributed by atoms with Crippen LogP contribution in [-0.4, -0.2) is 35.3 Å². The second kappa shape index (κ2) is 3.96. The Kier molecular flexibility index (Phi) is 2.53. The third kappa shape index (κ3) is 1.43. The number of hydrogen-bond acceptors (Lipinski definition) is 6. The average Bonchev–Trinajstić information content (AvgIpc) is 3.18. The summed E-state index contributed by atoms with van der Waals surface area (Å²) in [6, 6.07) is 2.11. The van der Waals surface area contributed by atoms with Crippen LogP contribution in [0.3, 0.4) is 0 Å². The van der Waals surface area contributed by atoms with E-state index in [9.17, 15) is 14.9 Å². The van der Waals surface area contributed by atoms with Crippen LogP contribution >= 0.6 is 0 Å². The molecule has 0 aromatic carbocycles. The Morgan fingerprint density at radius 1 is 1.35 bits per heavy atom. The van der Waals surface area contributed by atoms with Crippen LogP contribution in [0.15, 0.2) is 12.2 Å². The predicted octanol–water partition coefficient (Wildman–Crippen LogP) is 1.64. The number of carbonyl (C=O) groups excluding carboxylic acids is 2. The Hall–Kier alpha value is -1.87. The molecule has 1 aliphatic carbocycles. The number of esters is 2. The lowest BCUT2D eigenvalue weighted by Crippen LogP contribution is -2.53. The lowest BCUT2D eigenvalue weighted by molar-refractivity contribution is -0.192. The zero-order valence-electron chi connectivity index (χ0n) is 13.4. The number of fused-ring (bicyclic) bond motifs is 4. The molecule has 0 unspecified atom stereocenters. The molecule has 122 valence electrons. The van der Waals surface area contributed by atoms with E-state index in [2.05, 4.69) is 6.07 Å². The van der Waals surface area contributed by atoms with Crippen LogP contribution < -0.4 is 0 Å². The molecule has 23 heavy (non-hydrogen) atoms. The van der Waals surface area contributed by atoms with Gasteiger partial charge in [-0.2, -0.15) is 5.26 Å². The van der Waals surface area contributed by atoms with E-state index < -0.39 is 34.1 Å². The summed E-state index contributed by atoms with van der Waals surface area (Å²) in [7, 11) is 0. The number of carbonyl (C=O) groups is 2. The third-order valence-electron chi connectivity index (χ3n) is 6.66. The van der Waals surface area contributed by atoms with Gasteiger partial charge in [0.05, 0.1) is 11.5 Å². The third-order valence-corrected chi connectivity index (χ3v) is 6.66. The number of ether oxygens (including phenoxy) is 3. The summed E-state index contributed by atoms with van der Waals surface area (Å²) in [6.07, 6.45) is 4.20. The number of nitriles is 1. The Balaban J connectivity index is 1.67. The van der Waals surface area contributed by atoms with Gasteiger partial charge in [-0.3, -0.25) is 4.79 Å². The predicted molar refractivity (Wildman–Crippen MR) is 76.8 cm³/mol. The highest BCUT2D eigenvalue weighted by Crippen LogP contribution is 2.66. The van der Waals surface area contributed by atoms with Crippen molar-refractivity contribution in [3.8, 4) is 6.07 Å². The van der Waals surface area contributed by atoms with Crippen molar-refractivity contribution in [2.75, 3.05) is 0 Å². The van der Waals surface area contributed by atoms with Crippen molar-refractivity contribution in [1.82, 2.24) is 0 Å². The van der Waals surface area contributed by atoms with Crippen LogP contribution in [0.1, 0.15) is 40.0 Å². The van der Waals surface area contributed by atoms with Crippen molar-refractivity contribution in [3.05, 3.63) is 12.2 Å². The summed E-state index contributed by atoms with van der Waals surface area (Å²) in [5, 5.41) is 9.58. The van der Waals surface area contributed by atoms with Crippen LogP contribution in [-0.2, 0) is 23.8 Å². The molecule has 0 amide bonds. The van der Waals surface area contributed by atoms with Gasteiger partial charge in [-0.05, 0) is 19.8 Å². The molecule has 3 heterocycles. The van der Waals surface area contributed by atoms with Gasteiger partial charge in [0.1, 0.15) is 12.2 Å². The van der Waals surface area contributed by atoms with E-state index in [0.717, 1.165) is 0 Å². The standard InChI is InChI=1S/C17H19NO5/c1-14(2)15(3)6-7-17(14,23-12(15)19)13(20)22-16(9-18)8-10-4-5-11(16)21-10/h4-5,10-11H,6-8H2,1-3H3/t10-,11+,15+,16-,17-/m0/s1. The first-order valence-electron chi connectivity index (χ1n) is 7.93. The second-order valence-electron chi connectivity index (χ2n) is 7.75. The fraction of sp³-hybridized carbons (Fsp3) is 0.706. The van der Waals surface area contributed by atoms with Crippen molar-refractivity contribution in [3.63, 3.8) is 0 Å². The summed E-state index contributed by atoms with van der Waals surface area (Å²) in [5.74, 6) is -0.982. The molecular formula is C17H19NO5. The zero-order valence-corrected chi connectivity index (χ0v) is 13.4. The van der Waals surface area contributed by atoms with Gasteiger partial charge in [-0.25, -0.2) is 4.79 Å². The van der Waals surface area contributed by atoms with Gasteiger partial charge < -0.3 is 14.2 Å². The van der Waals surface area contributed by atoms with Crippen LogP contribution in [0.25, 0.3) is 0 Å². The van der Waals surface area contributed by atoms with Gasteiger partial charge >= 0.3 is 11.9 Å². The van der Waals surface area contributed by atoms with Gasteiger partial charge in [0.15, 0.2) is 0 Å². The molecule has 4 rings (SSSR count).